The zero-order valence-electron chi connectivity index (χ0n) is 13.1. The van der Waals surface area contributed by atoms with Crippen LogP contribution in [0.5, 0.6) is 11.5 Å². The lowest BCUT2D eigenvalue weighted by Crippen LogP contribution is -2.15. The number of esters is 1. The number of ether oxygens (including phenoxy) is 2. The number of rotatable bonds is 5. The zero-order chi connectivity index (χ0) is 16.9. The average molecular weight is 324 g/mol. The molecule has 0 saturated carbocycles. The van der Waals surface area contributed by atoms with Crippen LogP contribution >= 0.6 is 0 Å². The van der Waals surface area contributed by atoms with Gasteiger partial charge in [-0.3, -0.25) is 9.59 Å². The molecule has 0 aliphatic heterocycles. The van der Waals surface area contributed by atoms with Gasteiger partial charge in [0.1, 0.15) is 5.82 Å². The van der Waals surface area contributed by atoms with Gasteiger partial charge in [-0.05, 0) is 24.3 Å². The average Bonchev–Trinajstić information content (AvgIpc) is 2.60. The first-order valence-corrected chi connectivity index (χ1v) is 7.49. The molecule has 3 aromatic rings. The maximum absolute atomic E-state index is 12.0. The predicted molar refractivity (Wildman–Crippen MR) is 89.3 cm³/mol. The minimum absolute atomic E-state index is 0.0966. The number of aryl methyl sites for hydroxylation is 1. The Morgan fingerprint density at radius 2 is 1.79 bits per heavy atom. The number of fused-ring (bicyclic) bond motifs is 1. The molecular formula is C18H16N2O4. The molecule has 24 heavy (non-hydrogen) atoms. The monoisotopic (exact) mass is 324 g/mol. The first-order chi connectivity index (χ1) is 11.7. The third kappa shape index (κ3) is 3.43. The van der Waals surface area contributed by atoms with E-state index < -0.39 is 5.97 Å². The lowest BCUT2D eigenvalue weighted by atomic mass is 10.2. The molecule has 0 spiro atoms. The third-order valence-corrected chi connectivity index (χ3v) is 3.52. The van der Waals surface area contributed by atoms with E-state index in [0.29, 0.717) is 28.2 Å². The number of nitrogens with zero attached hydrogens (tertiary/aromatic N) is 1. The van der Waals surface area contributed by atoms with Gasteiger partial charge in [0.15, 0.2) is 11.5 Å². The first kappa shape index (κ1) is 15.7. The Labute approximate surface area is 138 Å². The number of aromatic nitrogens is 2. The van der Waals surface area contributed by atoms with Crippen molar-refractivity contribution in [2.45, 2.75) is 12.8 Å². The molecule has 0 bridgehead atoms. The van der Waals surface area contributed by atoms with Crippen molar-refractivity contribution in [1.29, 1.82) is 0 Å². The van der Waals surface area contributed by atoms with Crippen molar-refractivity contribution in [3.05, 3.63) is 64.7 Å². The van der Waals surface area contributed by atoms with Gasteiger partial charge >= 0.3 is 5.97 Å². The van der Waals surface area contributed by atoms with E-state index >= 15 is 0 Å². The van der Waals surface area contributed by atoms with Gasteiger partial charge in [-0.25, -0.2) is 4.98 Å². The van der Waals surface area contributed by atoms with Crippen molar-refractivity contribution in [2.24, 2.45) is 0 Å². The van der Waals surface area contributed by atoms with Gasteiger partial charge in [-0.15, -0.1) is 0 Å². The molecule has 6 nitrogen and oxygen atoms in total. The van der Waals surface area contributed by atoms with E-state index in [-0.39, 0.29) is 18.4 Å². The maximum Gasteiger partial charge on any atom is 0.311 e. The molecule has 6 heteroatoms. The standard InChI is InChI=1S/C18H16N2O4/c1-23-14-8-4-5-9-15(14)24-17(21)11-10-16-19-13-7-3-2-6-12(13)18(22)20-16/h2-9H,10-11H2,1H3,(H,19,20,22). The Morgan fingerprint density at radius 3 is 2.58 bits per heavy atom. The number of benzene rings is 2. The number of methoxy groups -OCH3 is 1. The molecule has 1 aromatic heterocycles. The fraction of sp³-hybridized carbons (Fsp3) is 0.167. The number of aromatic amines is 1. The van der Waals surface area contributed by atoms with Crippen LogP contribution in [0.15, 0.2) is 53.3 Å². The Balaban J connectivity index is 1.69. The lowest BCUT2D eigenvalue weighted by molar-refractivity contribution is -0.134. The van der Waals surface area contributed by atoms with Gasteiger partial charge in [-0.2, -0.15) is 0 Å². The van der Waals surface area contributed by atoms with E-state index in [0.717, 1.165) is 0 Å². The number of para-hydroxylation sites is 3. The van der Waals surface area contributed by atoms with E-state index in [2.05, 4.69) is 9.97 Å². The van der Waals surface area contributed by atoms with Crippen LogP contribution in [0.2, 0.25) is 0 Å². The van der Waals surface area contributed by atoms with E-state index in [1.54, 1.807) is 42.5 Å². The van der Waals surface area contributed by atoms with E-state index in [1.807, 2.05) is 6.07 Å². The van der Waals surface area contributed by atoms with Crippen LogP contribution in [-0.2, 0) is 11.2 Å². The summed E-state index contributed by atoms with van der Waals surface area (Å²) in [5.41, 5.74) is 0.392. The molecule has 0 aliphatic rings. The quantitative estimate of drug-likeness (QED) is 0.576. The van der Waals surface area contributed by atoms with Crippen LogP contribution in [0, 0.1) is 0 Å². The predicted octanol–water partition coefficient (Wildman–Crippen LogP) is 2.47. The number of H-pyrrole nitrogens is 1. The molecule has 3 rings (SSSR count). The van der Waals surface area contributed by atoms with Crippen LogP contribution in [0.25, 0.3) is 10.9 Å². The van der Waals surface area contributed by atoms with E-state index in [9.17, 15) is 9.59 Å². The summed E-state index contributed by atoms with van der Waals surface area (Å²) in [5.74, 6) is 0.888. The highest BCUT2D eigenvalue weighted by Gasteiger charge is 2.11. The molecule has 2 aromatic carbocycles. The Kier molecular flexibility index (Phi) is 4.56. The van der Waals surface area contributed by atoms with Crippen LogP contribution in [0.3, 0.4) is 0 Å². The number of hydrogen-bond donors (Lipinski definition) is 1. The molecule has 0 atom stereocenters. The molecule has 1 N–H and O–H groups in total. The lowest BCUT2D eigenvalue weighted by Gasteiger charge is -2.08. The maximum atomic E-state index is 12.0. The van der Waals surface area contributed by atoms with Crippen LogP contribution in [-0.4, -0.2) is 23.0 Å². The van der Waals surface area contributed by atoms with Crippen LogP contribution < -0.4 is 15.0 Å². The first-order valence-electron chi connectivity index (χ1n) is 7.49. The van der Waals surface area contributed by atoms with Crippen molar-refractivity contribution in [3.63, 3.8) is 0 Å². The second kappa shape index (κ2) is 6.95. The smallest absolute Gasteiger partial charge is 0.311 e. The van der Waals surface area contributed by atoms with Crippen molar-refractivity contribution >= 4 is 16.9 Å². The highest BCUT2D eigenvalue weighted by atomic mass is 16.6. The number of nitrogens with one attached hydrogen (secondary N) is 1. The highest BCUT2D eigenvalue weighted by Crippen LogP contribution is 2.26. The Bertz CT molecular complexity index is 933. The number of carbonyl (C=O) groups excluding carboxylic acids is 1. The van der Waals surface area contributed by atoms with Crippen LogP contribution in [0.1, 0.15) is 12.2 Å². The zero-order valence-corrected chi connectivity index (χ0v) is 13.1. The summed E-state index contributed by atoms with van der Waals surface area (Å²) in [4.78, 5) is 31.0. The van der Waals surface area contributed by atoms with Gasteiger partial charge in [-0.1, -0.05) is 24.3 Å². The summed E-state index contributed by atoms with van der Waals surface area (Å²) < 4.78 is 10.4. The molecule has 0 fully saturated rings. The van der Waals surface area contributed by atoms with Gasteiger partial charge in [0, 0.05) is 6.42 Å². The largest absolute Gasteiger partial charge is 0.493 e. The van der Waals surface area contributed by atoms with Crippen molar-refractivity contribution in [2.75, 3.05) is 7.11 Å². The molecule has 0 saturated heterocycles. The van der Waals surface area contributed by atoms with Gasteiger partial charge < -0.3 is 14.5 Å². The fourth-order valence-corrected chi connectivity index (χ4v) is 2.35. The molecule has 0 amide bonds. The summed E-state index contributed by atoms with van der Waals surface area (Å²) in [6, 6.07) is 14.0. The van der Waals surface area contributed by atoms with Gasteiger partial charge in [0.2, 0.25) is 0 Å². The Morgan fingerprint density at radius 1 is 1.08 bits per heavy atom. The summed E-state index contributed by atoms with van der Waals surface area (Å²) in [5, 5.41) is 0.526. The minimum Gasteiger partial charge on any atom is -0.493 e. The fourth-order valence-electron chi connectivity index (χ4n) is 2.35. The summed E-state index contributed by atoms with van der Waals surface area (Å²) in [6.45, 7) is 0. The summed E-state index contributed by atoms with van der Waals surface area (Å²) >= 11 is 0. The topological polar surface area (TPSA) is 81.3 Å². The molecule has 0 aliphatic carbocycles. The number of carbonyl (C=O) groups is 1. The molecule has 0 unspecified atom stereocenters. The van der Waals surface area contributed by atoms with Crippen molar-refractivity contribution in [1.82, 2.24) is 9.97 Å². The minimum atomic E-state index is -0.421. The van der Waals surface area contributed by atoms with Crippen LogP contribution in [0.4, 0.5) is 0 Å². The Hall–Kier alpha value is -3.15. The van der Waals surface area contributed by atoms with E-state index in [4.69, 9.17) is 9.47 Å². The third-order valence-electron chi connectivity index (χ3n) is 3.52. The van der Waals surface area contributed by atoms with E-state index in [1.165, 1.54) is 7.11 Å². The molecule has 122 valence electrons. The van der Waals surface area contributed by atoms with Gasteiger partial charge in [0.25, 0.3) is 5.56 Å². The highest BCUT2D eigenvalue weighted by molar-refractivity contribution is 5.77. The summed E-state index contributed by atoms with van der Waals surface area (Å²) in [6.07, 6.45) is 0.382. The second-order valence-corrected chi connectivity index (χ2v) is 5.15. The SMILES string of the molecule is COc1ccccc1OC(=O)CCc1nc2ccccc2c(=O)[nH]1. The van der Waals surface area contributed by atoms with Gasteiger partial charge in [0.05, 0.1) is 24.4 Å². The molecule has 1 heterocycles. The normalized spacial score (nSPS) is 10.5. The number of hydrogen-bond acceptors (Lipinski definition) is 5. The summed E-state index contributed by atoms with van der Waals surface area (Å²) in [7, 11) is 1.51. The molecular weight excluding hydrogens is 308 g/mol. The van der Waals surface area contributed by atoms with Crippen molar-refractivity contribution in [3.8, 4) is 11.5 Å². The second-order valence-electron chi connectivity index (χ2n) is 5.15. The van der Waals surface area contributed by atoms with Crippen molar-refractivity contribution < 1.29 is 14.3 Å². The molecule has 0 radical (unpaired) electrons.